The van der Waals surface area contributed by atoms with Gasteiger partial charge in [0.15, 0.2) is 5.76 Å². The third-order valence-corrected chi connectivity index (χ3v) is 6.21. The van der Waals surface area contributed by atoms with Crippen molar-refractivity contribution in [2.24, 2.45) is 10.2 Å². The van der Waals surface area contributed by atoms with Gasteiger partial charge in [-0.05, 0) is 87.0 Å². The Morgan fingerprint density at radius 1 is 0.730 bits per heavy atom. The lowest BCUT2D eigenvalue weighted by molar-refractivity contribution is 0.603. The van der Waals surface area contributed by atoms with Crippen LogP contribution in [0.4, 0.5) is 17.1 Å². The lowest BCUT2D eigenvalue weighted by Crippen LogP contribution is -2.11. The molecule has 4 aromatic carbocycles. The smallest absolute Gasteiger partial charge is 0.151 e. The highest BCUT2D eigenvalue weighted by Gasteiger charge is 2.10. The lowest BCUT2D eigenvalue weighted by Gasteiger charge is -2.19. The fraction of sp³-hybridized carbons (Fsp3) is 0.125. The zero-order valence-corrected chi connectivity index (χ0v) is 21.6. The van der Waals surface area contributed by atoms with Crippen molar-refractivity contribution in [2.45, 2.75) is 20.8 Å². The number of nitrogens with zero attached hydrogens (tertiary/aromatic N) is 4. The van der Waals surface area contributed by atoms with E-state index in [1.807, 2.05) is 78.7 Å². The number of aryl methyl sites for hydroxylation is 2. The summed E-state index contributed by atoms with van der Waals surface area (Å²) in [5, 5.41) is 14.4. The summed E-state index contributed by atoms with van der Waals surface area (Å²) < 4.78 is 6.10. The van der Waals surface area contributed by atoms with Crippen LogP contribution in [0.3, 0.4) is 0 Å². The average Bonchev–Trinajstić information content (AvgIpc) is 3.35. The highest BCUT2D eigenvalue weighted by molar-refractivity contribution is 6.01. The van der Waals surface area contributed by atoms with Crippen LogP contribution in [0.15, 0.2) is 118 Å². The van der Waals surface area contributed by atoms with E-state index in [1.54, 1.807) is 0 Å². The first-order valence-corrected chi connectivity index (χ1v) is 12.3. The van der Waals surface area contributed by atoms with E-state index in [4.69, 9.17) is 14.6 Å². The van der Waals surface area contributed by atoms with Gasteiger partial charge in [-0.15, -0.1) is 0 Å². The van der Waals surface area contributed by atoms with Crippen LogP contribution in [0.25, 0.3) is 11.0 Å². The van der Waals surface area contributed by atoms with Crippen molar-refractivity contribution >= 4 is 40.0 Å². The molecule has 1 aromatic heterocycles. The van der Waals surface area contributed by atoms with Gasteiger partial charge in [0.05, 0.1) is 23.3 Å². The number of hydrazone groups is 2. The van der Waals surface area contributed by atoms with Crippen LogP contribution in [0.2, 0.25) is 0 Å². The number of hydrogen-bond donors (Lipinski definition) is 0. The maximum absolute atomic E-state index is 6.10. The predicted octanol–water partition coefficient (Wildman–Crippen LogP) is 8.08. The Kier molecular flexibility index (Phi) is 6.86. The van der Waals surface area contributed by atoms with Crippen molar-refractivity contribution < 1.29 is 4.42 Å². The van der Waals surface area contributed by atoms with Gasteiger partial charge in [-0.25, -0.2) is 5.01 Å². The minimum absolute atomic E-state index is 0.743. The molecular weight excluding hydrogens is 456 g/mol. The molecule has 0 unspecified atom stereocenters. The Morgan fingerprint density at radius 2 is 1.35 bits per heavy atom. The summed E-state index contributed by atoms with van der Waals surface area (Å²) in [6.45, 7) is 6.13. The first-order chi connectivity index (χ1) is 18.0. The van der Waals surface area contributed by atoms with E-state index in [9.17, 15) is 0 Å². The normalized spacial score (nSPS) is 11.8. The highest BCUT2D eigenvalue weighted by Crippen LogP contribution is 2.27. The third kappa shape index (κ3) is 5.62. The number of hydrogen-bond acceptors (Lipinski definition) is 5. The van der Waals surface area contributed by atoms with Gasteiger partial charge in [0.1, 0.15) is 11.3 Å². The Bertz CT molecular complexity index is 1500. The van der Waals surface area contributed by atoms with E-state index in [1.165, 1.54) is 11.1 Å². The fourth-order valence-electron chi connectivity index (χ4n) is 4.07. The fourth-order valence-corrected chi connectivity index (χ4v) is 4.07. The molecule has 0 aliphatic rings. The van der Waals surface area contributed by atoms with Gasteiger partial charge >= 0.3 is 0 Å². The van der Waals surface area contributed by atoms with Gasteiger partial charge in [-0.1, -0.05) is 53.6 Å². The first-order valence-electron chi connectivity index (χ1n) is 12.3. The second-order valence-corrected chi connectivity index (χ2v) is 9.18. The molecule has 0 radical (unpaired) electrons. The van der Waals surface area contributed by atoms with Gasteiger partial charge in [-0.2, -0.15) is 10.2 Å². The molecule has 5 rings (SSSR count). The Morgan fingerprint density at radius 3 is 1.97 bits per heavy atom. The number of rotatable bonds is 7. The van der Waals surface area contributed by atoms with E-state index in [2.05, 4.69) is 68.4 Å². The Labute approximate surface area is 218 Å². The monoisotopic (exact) mass is 486 g/mol. The summed E-state index contributed by atoms with van der Waals surface area (Å²) in [4.78, 5) is 0. The summed E-state index contributed by atoms with van der Waals surface area (Å²) >= 11 is 0. The minimum atomic E-state index is 0.743. The van der Waals surface area contributed by atoms with Crippen molar-refractivity contribution in [3.8, 4) is 0 Å². The molecule has 0 aliphatic carbocycles. The van der Waals surface area contributed by atoms with Crippen LogP contribution in [0.5, 0.6) is 0 Å². The van der Waals surface area contributed by atoms with Gasteiger partial charge in [0.25, 0.3) is 0 Å². The molecule has 0 bridgehead atoms. The van der Waals surface area contributed by atoms with E-state index in [-0.39, 0.29) is 0 Å². The van der Waals surface area contributed by atoms with Crippen molar-refractivity contribution in [1.82, 2.24) is 0 Å². The molecule has 0 atom stereocenters. The van der Waals surface area contributed by atoms with Gasteiger partial charge in [0.2, 0.25) is 0 Å². The van der Waals surface area contributed by atoms with Crippen molar-refractivity contribution in [2.75, 3.05) is 17.1 Å². The molecule has 1 heterocycles. The molecule has 0 amide bonds. The van der Waals surface area contributed by atoms with E-state index < -0.39 is 0 Å². The molecule has 5 nitrogen and oxygen atoms in total. The maximum atomic E-state index is 6.10. The molecule has 0 saturated carbocycles. The third-order valence-electron chi connectivity index (χ3n) is 6.21. The number of benzene rings is 4. The summed E-state index contributed by atoms with van der Waals surface area (Å²) in [5.74, 6) is 0.743. The number of anilines is 3. The molecule has 0 N–H and O–H groups in total. The van der Waals surface area contributed by atoms with Crippen LogP contribution in [-0.2, 0) is 0 Å². The van der Waals surface area contributed by atoms with Crippen LogP contribution in [0, 0.1) is 13.8 Å². The molecule has 5 heteroatoms. The molecule has 0 spiro atoms. The summed E-state index contributed by atoms with van der Waals surface area (Å²) in [7, 11) is 1.93. The topological polar surface area (TPSA) is 44.3 Å². The van der Waals surface area contributed by atoms with Crippen LogP contribution in [0.1, 0.15) is 29.4 Å². The quantitative estimate of drug-likeness (QED) is 0.172. The zero-order valence-electron chi connectivity index (χ0n) is 21.6. The van der Waals surface area contributed by atoms with Crippen molar-refractivity contribution in [1.29, 1.82) is 0 Å². The zero-order chi connectivity index (χ0) is 25.8. The van der Waals surface area contributed by atoms with Gasteiger partial charge in [0, 0.05) is 12.4 Å². The molecule has 184 valence electrons. The van der Waals surface area contributed by atoms with Crippen LogP contribution >= 0.6 is 0 Å². The standard InChI is InChI=1S/C32H30N4O/c1-23-10-15-29(16-11-23)36(30-17-12-24(2)13-18-30)33-22-26-14-19-31-27(20-26)21-32(37-31)25(3)34-35(4)28-8-6-5-7-9-28/h5-22H,1-4H3. The lowest BCUT2D eigenvalue weighted by atomic mass is 10.1. The average molecular weight is 487 g/mol. The molecule has 0 fully saturated rings. The van der Waals surface area contributed by atoms with Gasteiger partial charge < -0.3 is 4.42 Å². The Balaban J connectivity index is 1.42. The van der Waals surface area contributed by atoms with Crippen molar-refractivity contribution in [3.63, 3.8) is 0 Å². The maximum Gasteiger partial charge on any atom is 0.151 e. The molecule has 5 aromatic rings. The Hall–Kier alpha value is -4.64. The summed E-state index contributed by atoms with van der Waals surface area (Å²) in [6.07, 6.45) is 1.88. The number of furan rings is 1. The number of para-hydroxylation sites is 1. The van der Waals surface area contributed by atoms with Crippen LogP contribution in [-0.4, -0.2) is 19.0 Å². The predicted molar refractivity (Wildman–Crippen MR) is 155 cm³/mol. The molecule has 0 saturated heterocycles. The second kappa shape index (κ2) is 10.5. The van der Waals surface area contributed by atoms with Crippen molar-refractivity contribution in [3.05, 3.63) is 126 Å². The summed E-state index contributed by atoms with van der Waals surface area (Å²) in [5.41, 5.74) is 8.07. The van der Waals surface area contributed by atoms with Crippen LogP contribution < -0.4 is 10.0 Å². The SMILES string of the molecule is CC(=NN(C)c1ccccc1)c1cc2cc(C=NN(c3ccc(C)cc3)c3ccc(C)cc3)ccc2o1. The largest absolute Gasteiger partial charge is 0.455 e. The number of fused-ring (bicyclic) bond motifs is 1. The summed E-state index contributed by atoms with van der Waals surface area (Å²) in [6, 6.07) is 34.9. The molecular formula is C32H30N4O. The first kappa shape index (κ1) is 24.1. The second-order valence-electron chi connectivity index (χ2n) is 9.18. The molecule has 37 heavy (non-hydrogen) atoms. The minimum Gasteiger partial charge on any atom is -0.455 e. The van der Waals surface area contributed by atoms with E-state index in [0.29, 0.717) is 0 Å². The van der Waals surface area contributed by atoms with E-state index >= 15 is 0 Å². The van der Waals surface area contributed by atoms with E-state index in [0.717, 1.165) is 45.1 Å². The van der Waals surface area contributed by atoms with Gasteiger partial charge in [-0.3, -0.25) is 5.01 Å². The molecule has 0 aliphatic heterocycles. The highest BCUT2D eigenvalue weighted by atomic mass is 16.3.